The Bertz CT molecular complexity index is 845. The van der Waals surface area contributed by atoms with E-state index < -0.39 is 10.0 Å². The molecule has 8 nitrogen and oxygen atoms in total. The Morgan fingerprint density at radius 2 is 1.72 bits per heavy atom. The molecule has 0 saturated carbocycles. The summed E-state index contributed by atoms with van der Waals surface area (Å²) < 4.78 is 32.5. The van der Waals surface area contributed by atoms with Crippen LogP contribution in [-0.2, 0) is 14.8 Å². The number of carbonyl (C=O) groups is 1. The van der Waals surface area contributed by atoms with Gasteiger partial charge in [0.05, 0.1) is 36.2 Å². The van der Waals surface area contributed by atoms with Gasteiger partial charge in [0.25, 0.3) is 10.0 Å². The lowest BCUT2D eigenvalue weighted by Crippen LogP contribution is -2.37. The Balaban J connectivity index is 1.73. The van der Waals surface area contributed by atoms with Crippen LogP contribution in [0.25, 0.3) is 0 Å². The monoisotopic (exact) mass is 362 g/mol. The normalized spacial score (nSPS) is 15.0. The number of hydrogen-bond acceptors (Lipinski definition) is 7. The fraction of sp³-hybridized carbons (Fsp3) is 0.312. The topological polar surface area (TPSA) is 101 Å². The maximum atomic E-state index is 12.4. The molecule has 1 fully saturated rings. The van der Waals surface area contributed by atoms with Crippen molar-refractivity contribution in [3.8, 4) is 0 Å². The second kappa shape index (κ2) is 7.16. The standard InChI is InChI=1S/C16H18N4O4S/c1-12(21)13-2-4-15(5-3-13)25(22,23)19-14-10-17-16(18-11-14)20-6-8-24-9-7-20/h2-5,10-11,19H,6-9H2,1H3. The highest BCUT2D eigenvalue weighted by Crippen LogP contribution is 2.17. The number of hydrogen-bond donors (Lipinski definition) is 1. The minimum Gasteiger partial charge on any atom is -0.378 e. The van der Waals surface area contributed by atoms with Crippen molar-refractivity contribution >= 4 is 27.4 Å². The smallest absolute Gasteiger partial charge is 0.261 e. The average Bonchev–Trinajstić information content (AvgIpc) is 2.63. The Kier molecular flexibility index (Phi) is 4.95. The van der Waals surface area contributed by atoms with Gasteiger partial charge in [0.2, 0.25) is 5.95 Å². The summed E-state index contributed by atoms with van der Waals surface area (Å²) in [7, 11) is -3.77. The number of ether oxygens (including phenoxy) is 1. The molecule has 0 aliphatic carbocycles. The first-order chi connectivity index (χ1) is 12.0. The summed E-state index contributed by atoms with van der Waals surface area (Å²) in [6.07, 6.45) is 2.86. The van der Waals surface area contributed by atoms with Crippen molar-refractivity contribution in [1.29, 1.82) is 0 Å². The van der Waals surface area contributed by atoms with E-state index in [1.807, 2.05) is 4.90 Å². The van der Waals surface area contributed by atoms with Gasteiger partial charge >= 0.3 is 0 Å². The van der Waals surface area contributed by atoms with E-state index in [1.165, 1.54) is 43.6 Å². The number of aromatic nitrogens is 2. The first-order valence-corrected chi connectivity index (χ1v) is 9.22. The summed E-state index contributed by atoms with van der Waals surface area (Å²) in [5.74, 6) is 0.418. The second-order valence-corrected chi connectivity index (χ2v) is 7.24. The van der Waals surface area contributed by atoms with E-state index in [0.717, 1.165) is 0 Å². The van der Waals surface area contributed by atoms with Crippen molar-refractivity contribution in [2.75, 3.05) is 35.9 Å². The molecule has 1 saturated heterocycles. The van der Waals surface area contributed by atoms with Crippen LogP contribution in [0.5, 0.6) is 0 Å². The molecular formula is C16H18N4O4S. The van der Waals surface area contributed by atoms with Crippen LogP contribution in [0.3, 0.4) is 0 Å². The minimum absolute atomic E-state index is 0.0646. The molecule has 1 aliphatic rings. The lowest BCUT2D eigenvalue weighted by Gasteiger charge is -2.26. The molecule has 3 rings (SSSR count). The van der Waals surface area contributed by atoms with Gasteiger partial charge < -0.3 is 9.64 Å². The third-order valence-corrected chi connectivity index (χ3v) is 5.15. The third kappa shape index (κ3) is 4.12. The maximum absolute atomic E-state index is 12.4. The van der Waals surface area contributed by atoms with Gasteiger partial charge in [0.1, 0.15) is 0 Å². The molecule has 0 bridgehead atoms. The van der Waals surface area contributed by atoms with Crippen molar-refractivity contribution in [1.82, 2.24) is 9.97 Å². The largest absolute Gasteiger partial charge is 0.378 e. The van der Waals surface area contributed by atoms with Gasteiger partial charge in [-0.05, 0) is 19.1 Å². The quantitative estimate of drug-likeness (QED) is 0.800. The van der Waals surface area contributed by atoms with E-state index in [9.17, 15) is 13.2 Å². The Hall–Kier alpha value is -2.52. The Labute approximate surface area is 145 Å². The number of Topliss-reactive ketones (excluding diaryl/α,β-unsaturated/α-hetero) is 1. The first kappa shape index (κ1) is 17.3. The van der Waals surface area contributed by atoms with Gasteiger partial charge in [-0.15, -0.1) is 0 Å². The third-order valence-electron chi connectivity index (χ3n) is 3.76. The highest BCUT2D eigenvalue weighted by atomic mass is 32.2. The van der Waals surface area contributed by atoms with Gasteiger partial charge in [-0.2, -0.15) is 0 Å². The van der Waals surface area contributed by atoms with E-state index >= 15 is 0 Å². The molecule has 132 valence electrons. The molecule has 2 heterocycles. The maximum Gasteiger partial charge on any atom is 0.261 e. The summed E-state index contributed by atoms with van der Waals surface area (Å²) >= 11 is 0. The van der Waals surface area contributed by atoms with E-state index in [-0.39, 0.29) is 16.4 Å². The molecule has 1 aliphatic heterocycles. The molecule has 25 heavy (non-hydrogen) atoms. The number of sulfonamides is 1. The number of rotatable bonds is 5. The van der Waals surface area contributed by atoms with Crippen molar-refractivity contribution in [2.45, 2.75) is 11.8 Å². The van der Waals surface area contributed by atoms with E-state index in [0.29, 0.717) is 37.8 Å². The Morgan fingerprint density at radius 3 is 2.28 bits per heavy atom. The number of benzene rings is 1. The number of carbonyl (C=O) groups excluding carboxylic acids is 1. The SMILES string of the molecule is CC(=O)c1ccc(S(=O)(=O)Nc2cnc(N3CCOCC3)nc2)cc1. The zero-order valence-electron chi connectivity index (χ0n) is 13.7. The zero-order valence-corrected chi connectivity index (χ0v) is 14.5. The van der Waals surface area contributed by atoms with Gasteiger partial charge in [0, 0.05) is 18.7 Å². The summed E-state index contributed by atoms with van der Waals surface area (Å²) in [5, 5.41) is 0. The van der Waals surface area contributed by atoms with Crippen LogP contribution in [0.2, 0.25) is 0 Å². The van der Waals surface area contributed by atoms with Crippen LogP contribution in [0.4, 0.5) is 11.6 Å². The molecule has 0 unspecified atom stereocenters. The van der Waals surface area contributed by atoms with Gasteiger partial charge in [0.15, 0.2) is 5.78 Å². The molecule has 1 aromatic heterocycles. The molecule has 0 spiro atoms. The van der Waals surface area contributed by atoms with Crippen LogP contribution < -0.4 is 9.62 Å². The highest BCUT2D eigenvalue weighted by Gasteiger charge is 2.17. The molecule has 0 atom stereocenters. The molecule has 1 N–H and O–H groups in total. The summed E-state index contributed by atoms with van der Waals surface area (Å²) in [4.78, 5) is 21.7. The Morgan fingerprint density at radius 1 is 1.12 bits per heavy atom. The van der Waals surface area contributed by atoms with Crippen LogP contribution in [0, 0.1) is 0 Å². The van der Waals surface area contributed by atoms with Crippen LogP contribution in [-0.4, -0.2) is 50.5 Å². The van der Waals surface area contributed by atoms with Gasteiger partial charge in [-0.3, -0.25) is 9.52 Å². The van der Waals surface area contributed by atoms with Crippen LogP contribution >= 0.6 is 0 Å². The molecule has 1 aromatic carbocycles. The van der Waals surface area contributed by atoms with E-state index in [2.05, 4.69) is 14.7 Å². The van der Waals surface area contributed by atoms with Crippen molar-refractivity contribution in [3.05, 3.63) is 42.2 Å². The van der Waals surface area contributed by atoms with Crippen LogP contribution in [0.1, 0.15) is 17.3 Å². The second-order valence-electron chi connectivity index (χ2n) is 5.56. The number of morpholine rings is 1. The predicted molar refractivity (Wildman–Crippen MR) is 92.3 cm³/mol. The zero-order chi connectivity index (χ0) is 17.9. The fourth-order valence-corrected chi connectivity index (χ4v) is 3.41. The molecule has 0 amide bonds. The molecule has 9 heteroatoms. The predicted octanol–water partition coefficient (Wildman–Crippen LogP) is 1.32. The van der Waals surface area contributed by atoms with Gasteiger partial charge in [-0.25, -0.2) is 18.4 Å². The number of nitrogens with one attached hydrogen (secondary N) is 1. The van der Waals surface area contributed by atoms with E-state index in [1.54, 1.807) is 0 Å². The number of anilines is 2. The van der Waals surface area contributed by atoms with Crippen LogP contribution in [0.15, 0.2) is 41.6 Å². The van der Waals surface area contributed by atoms with Crippen molar-refractivity contribution in [2.24, 2.45) is 0 Å². The lowest BCUT2D eigenvalue weighted by atomic mass is 10.2. The summed E-state index contributed by atoms with van der Waals surface area (Å²) in [5.41, 5.74) is 0.727. The lowest BCUT2D eigenvalue weighted by molar-refractivity contribution is 0.101. The van der Waals surface area contributed by atoms with Gasteiger partial charge in [-0.1, -0.05) is 12.1 Å². The van der Waals surface area contributed by atoms with Crippen molar-refractivity contribution in [3.63, 3.8) is 0 Å². The van der Waals surface area contributed by atoms with Crippen molar-refractivity contribution < 1.29 is 17.9 Å². The molecular weight excluding hydrogens is 344 g/mol. The molecule has 2 aromatic rings. The number of ketones is 1. The average molecular weight is 362 g/mol. The molecule has 0 radical (unpaired) electrons. The number of nitrogens with zero attached hydrogens (tertiary/aromatic N) is 3. The summed E-state index contributed by atoms with van der Waals surface area (Å²) in [6.45, 7) is 4.07. The fourth-order valence-electron chi connectivity index (χ4n) is 2.38. The first-order valence-electron chi connectivity index (χ1n) is 7.74. The summed E-state index contributed by atoms with van der Waals surface area (Å²) in [6, 6.07) is 5.74. The highest BCUT2D eigenvalue weighted by molar-refractivity contribution is 7.92. The van der Waals surface area contributed by atoms with E-state index in [4.69, 9.17) is 4.74 Å². The minimum atomic E-state index is -3.77.